The van der Waals surface area contributed by atoms with Crippen LogP contribution in [0.25, 0.3) is 0 Å². The van der Waals surface area contributed by atoms with Gasteiger partial charge in [-0.2, -0.15) is 0 Å². The van der Waals surface area contributed by atoms with Gasteiger partial charge in [-0.1, -0.05) is 65.1 Å². The van der Waals surface area contributed by atoms with Gasteiger partial charge >= 0.3 is 11.9 Å². The molecule has 1 aromatic carbocycles. The van der Waals surface area contributed by atoms with E-state index in [1.54, 1.807) is 24.3 Å². The number of Topliss-reactive ketones (excluding diaryl/α,β-unsaturated/α-hetero) is 1. The first-order valence-electron chi connectivity index (χ1n) is 8.46. The van der Waals surface area contributed by atoms with E-state index in [-0.39, 0.29) is 31.7 Å². The van der Waals surface area contributed by atoms with Gasteiger partial charge in [-0.05, 0) is 25.8 Å². The molecule has 0 saturated carbocycles. The van der Waals surface area contributed by atoms with E-state index in [0.717, 1.165) is 0 Å². The lowest BCUT2D eigenvalue weighted by Gasteiger charge is -2.14. The number of ether oxygens (including phenoxy) is 1. The van der Waals surface area contributed by atoms with Crippen LogP contribution in [-0.4, -0.2) is 45.8 Å². The first-order valence-corrected chi connectivity index (χ1v) is 9.59. The van der Waals surface area contributed by atoms with Crippen molar-refractivity contribution in [2.75, 3.05) is 13.2 Å². The van der Waals surface area contributed by atoms with E-state index in [0.29, 0.717) is 24.9 Å². The number of hydrogen-bond acceptors (Lipinski definition) is 5. The first-order chi connectivity index (χ1) is 12.7. The van der Waals surface area contributed by atoms with Crippen molar-refractivity contribution < 1.29 is 24.2 Å². The van der Waals surface area contributed by atoms with E-state index >= 15 is 0 Å². The number of carbonyl (C=O) groups excluding carboxylic acids is 2. The highest BCUT2D eigenvalue weighted by Gasteiger charge is 2.22. The highest BCUT2D eigenvalue weighted by atomic mass is 35.6. The SMILES string of the molecule is O=C(CCCCNC(CCC(=O)c1ccccc1)C(=O)O)OCC(Cl)(Cl)Cl. The van der Waals surface area contributed by atoms with Crippen molar-refractivity contribution >= 4 is 52.5 Å². The molecule has 0 aliphatic carbocycles. The van der Waals surface area contributed by atoms with Gasteiger partial charge in [0.05, 0.1) is 0 Å². The molecule has 0 amide bonds. The molecule has 1 rings (SSSR count). The summed E-state index contributed by atoms with van der Waals surface area (Å²) in [7, 11) is 0. The number of rotatable bonds is 12. The van der Waals surface area contributed by atoms with Crippen LogP contribution in [0.1, 0.15) is 42.5 Å². The van der Waals surface area contributed by atoms with Crippen LogP contribution in [0.15, 0.2) is 30.3 Å². The number of benzene rings is 1. The summed E-state index contributed by atoms with van der Waals surface area (Å²) in [5.74, 6) is -1.59. The molecule has 1 aromatic rings. The summed E-state index contributed by atoms with van der Waals surface area (Å²) in [6.45, 7) is 0.0828. The molecule has 0 saturated heterocycles. The number of carbonyl (C=O) groups is 3. The highest BCUT2D eigenvalue weighted by Crippen LogP contribution is 2.26. The van der Waals surface area contributed by atoms with E-state index in [2.05, 4.69) is 5.32 Å². The Morgan fingerprint density at radius 2 is 1.74 bits per heavy atom. The lowest BCUT2D eigenvalue weighted by atomic mass is 10.0. The molecule has 9 heteroatoms. The Balaban J connectivity index is 2.24. The molecule has 1 atom stereocenters. The molecule has 150 valence electrons. The predicted octanol–water partition coefficient (Wildman–Crippen LogP) is 3.78. The van der Waals surface area contributed by atoms with Crippen LogP contribution in [0, 0.1) is 0 Å². The number of unbranched alkanes of at least 4 members (excludes halogenated alkanes) is 1. The molecule has 2 N–H and O–H groups in total. The quantitative estimate of drug-likeness (QED) is 0.223. The number of halogens is 3. The van der Waals surface area contributed by atoms with Crippen molar-refractivity contribution in [3.05, 3.63) is 35.9 Å². The second-order valence-corrected chi connectivity index (χ2v) is 8.42. The molecule has 0 aliphatic heterocycles. The van der Waals surface area contributed by atoms with Crippen LogP contribution in [0.4, 0.5) is 0 Å². The fourth-order valence-corrected chi connectivity index (χ4v) is 2.43. The van der Waals surface area contributed by atoms with Crippen molar-refractivity contribution in [3.8, 4) is 0 Å². The fraction of sp³-hybridized carbons (Fsp3) is 0.500. The molecule has 0 heterocycles. The van der Waals surface area contributed by atoms with Gasteiger partial charge in [0.25, 0.3) is 0 Å². The van der Waals surface area contributed by atoms with Crippen LogP contribution in [0.2, 0.25) is 0 Å². The summed E-state index contributed by atoms with van der Waals surface area (Å²) in [5, 5.41) is 12.2. The van der Waals surface area contributed by atoms with E-state index < -0.39 is 21.8 Å². The largest absolute Gasteiger partial charge is 0.480 e. The molecule has 0 aliphatic rings. The Morgan fingerprint density at radius 3 is 2.33 bits per heavy atom. The van der Waals surface area contributed by atoms with Crippen molar-refractivity contribution in [1.82, 2.24) is 5.32 Å². The molecule has 1 unspecified atom stereocenters. The molecular weight excluding hydrogens is 417 g/mol. The van der Waals surface area contributed by atoms with Crippen molar-refractivity contribution in [2.24, 2.45) is 0 Å². The second kappa shape index (κ2) is 12.2. The first kappa shape index (κ1) is 23.7. The molecular formula is C18H22Cl3NO5. The molecule has 0 radical (unpaired) electrons. The Morgan fingerprint density at radius 1 is 1.07 bits per heavy atom. The Bertz CT molecular complexity index is 619. The maximum absolute atomic E-state index is 12.1. The standard InChI is InChI=1S/C18H22Cl3NO5/c19-18(20,21)12-27-16(24)8-4-5-11-22-14(17(25)26)9-10-15(23)13-6-2-1-3-7-13/h1-3,6-7,14,22H,4-5,8-12H2,(H,25,26). The van der Waals surface area contributed by atoms with Crippen molar-refractivity contribution in [1.29, 1.82) is 0 Å². The van der Waals surface area contributed by atoms with Gasteiger partial charge in [-0.3, -0.25) is 14.4 Å². The fourth-order valence-electron chi connectivity index (χ4n) is 2.26. The summed E-state index contributed by atoms with van der Waals surface area (Å²) in [6, 6.07) is 7.91. The van der Waals surface area contributed by atoms with Gasteiger partial charge in [0.1, 0.15) is 12.6 Å². The van der Waals surface area contributed by atoms with Gasteiger partial charge in [-0.15, -0.1) is 0 Å². The van der Waals surface area contributed by atoms with Crippen molar-refractivity contribution in [2.45, 2.75) is 41.9 Å². The molecule has 0 spiro atoms. The molecule has 0 aromatic heterocycles. The third-order valence-electron chi connectivity index (χ3n) is 3.65. The summed E-state index contributed by atoms with van der Waals surface area (Å²) < 4.78 is 3.16. The van der Waals surface area contributed by atoms with Gasteiger partial charge in [-0.25, -0.2) is 0 Å². The number of aliphatic carboxylic acids is 1. The van der Waals surface area contributed by atoms with Gasteiger partial charge in [0.2, 0.25) is 3.79 Å². The second-order valence-electron chi connectivity index (χ2n) is 5.91. The van der Waals surface area contributed by atoms with Gasteiger partial charge in [0, 0.05) is 18.4 Å². The predicted molar refractivity (Wildman–Crippen MR) is 105 cm³/mol. The number of alkyl halides is 3. The zero-order valence-corrected chi connectivity index (χ0v) is 16.9. The lowest BCUT2D eigenvalue weighted by Crippen LogP contribution is -2.37. The van der Waals surface area contributed by atoms with E-state index in [1.165, 1.54) is 0 Å². The minimum atomic E-state index is -1.64. The maximum Gasteiger partial charge on any atom is 0.320 e. The lowest BCUT2D eigenvalue weighted by molar-refractivity contribution is -0.144. The van der Waals surface area contributed by atoms with Crippen LogP contribution in [-0.2, 0) is 14.3 Å². The van der Waals surface area contributed by atoms with Crippen LogP contribution < -0.4 is 5.32 Å². The van der Waals surface area contributed by atoms with Crippen LogP contribution in [0.3, 0.4) is 0 Å². The third-order valence-corrected chi connectivity index (χ3v) is 3.98. The maximum atomic E-state index is 12.1. The Kier molecular flexibility index (Phi) is 10.7. The average Bonchev–Trinajstić information content (AvgIpc) is 2.61. The minimum Gasteiger partial charge on any atom is -0.480 e. The third kappa shape index (κ3) is 11.2. The zero-order chi connectivity index (χ0) is 20.3. The zero-order valence-electron chi connectivity index (χ0n) is 14.6. The van der Waals surface area contributed by atoms with Crippen LogP contribution >= 0.6 is 34.8 Å². The van der Waals surface area contributed by atoms with E-state index in [4.69, 9.17) is 39.5 Å². The number of carboxylic acids is 1. The summed E-state index contributed by atoms with van der Waals surface area (Å²) in [4.78, 5) is 34.8. The number of nitrogens with one attached hydrogen (secondary N) is 1. The normalized spacial score (nSPS) is 12.4. The van der Waals surface area contributed by atoms with E-state index in [1.807, 2.05) is 6.07 Å². The average molecular weight is 439 g/mol. The monoisotopic (exact) mass is 437 g/mol. The Hall–Kier alpha value is -1.34. The van der Waals surface area contributed by atoms with Gasteiger partial charge < -0.3 is 15.2 Å². The smallest absolute Gasteiger partial charge is 0.320 e. The highest BCUT2D eigenvalue weighted by molar-refractivity contribution is 6.67. The topological polar surface area (TPSA) is 92.7 Å². The Labute approximate surface area is 173 Å². The molecule has 6 nitrogen and oxygen atoms in total. The number of carboxylic acid groups (broad SMARTS) is 1. The summed E-state index contributed by atoms with van der Waals surface area (Å²) in [6.07, 6.45) is 1.54. The van der Waals surface area contributed by atoms with Gasteiger partial charge in [0.15, 0.2) is 5.78 Å². The molecule has 0 fully saturated rings. The minimum absolute atomic E-state index is 0.0969. The van der Waals surface area contributed by atoms with Crippen LogP contribution in [0.5, 0.6) is 0 Å². The molecule has 27 heavy (non-hydrogen) atoms. The number of esters is 1. The van der Waals surface area contributed by atoms with Crippen molar-refractivity contribution in [3.63, 3.8) is 0 Å². The number of hydrogen-bond donors (Lipinski definition) is 2. The molecule has 0 bridgehead atoms. The number of ketones is 1. The summed E-state index contributed by atoms with van der Waals surface area (Å²) >= 11 is 16.4. The van der Waals surface area contributed by atoms with E-state index in [9.17, 15) is 19.5 Å². The summed E-state index contributed by atoms with van der Waals surface area (Å²) in [5.41, 5.74) is 0.565.